The molecule has 5 nitrogen and oxygen atoms in total. The first-order chi connectivity index (χ1) is 12.9. The Morgan fingerprint density at radius 2 is 1.78 bits per heavy atom. The number of thiocyanates is 1. The van der Waals surface area contributed by atoms with Crippen molar-refractivity contribution in [2.24, 2.45) is 0 Å². The number of halogens is 3. The molecule has 3 rings (SSSR count). The standard InChI is InChI=1S/C18H10F3N3O2S/c19-18(20,21)12-3-1-11(2-4-12)17-24-15(9-26-17)16(25)23-13-5-7-14(8-6-13)27-10-22/h1-9H,(H,23,25). The van der Waals surface area contributed by atoms with Crippen LogP contribution in [0.2, 0.25) is 0 Å². The Kier molecular flexibility index (Phi) is 5.19. The van der Waals surface area contributed by atoms with Crippen molar-refractivity contribution in [3.05, 3.63) is 66.1 Å². The lowest BCUT2D eigenvalue weighted by Crippen LogP contribution is -2.12. The molecule has 0 saturated heterocycles. The number of aromatic nitrogens is 1. The van der Waals surface area contributed by atoms with Gasteiger partial charge in [0.05, 0.1) is 5.56 Å². The number of nitrogens with one attached hydrogen (secondary N) is 1. The van der Waals surface area contributed by atoms with E-state index < -0.39 is 17.6 Å². The van der Waals surface area contributed by atoms with Crippen molar-refractivity contribution < 1.29 is 22.4 Å². The van der Waals surface area contributed by atoms with Gasteiger partial charge in [0.25, 0.3) is 5.91 Å². The Morgan fingerprint density at radius 3 is 2.37 bits per heavy atom. The SMILES string of the molecule is N#CSc1ccc(NC(=O)c2coc(-c3ccc(C(F)(F)F)cc3)n2)cc1. The number of carbonyl (C=O) groups is 1. The van der Waals surface area contributed by atoms with Crippen LogP contribution < -0.4 is 5.32 Å². The molecule has 0 aliphatic rings. The molecular formula is C18H10F3N3O2S. The maximum atomic E-state index is 12.6. The molecule has 1 heterocycles. The van der Waals surface area contributed by atoms with Crippen molar-refractivity contribution in [2.45, 2.75) is 11.1 Å². The van der Waals surface area contributed by atoms with Crippen LogP contribution in [-0.4, -0.2) is 10.9 Å². The highest BCUT2D eigenvalue weighted by Gasteiger charge is 2.30. The Bertz CT molecular complexity index is 990. The fourth-order valence-corrected chi connectivity index (χ4v) is 2.54. The van der Waals surface area contributed by atoms with Gasteiger partial charge in [-0.2, -0.15) is 18.4 Å². The highest BCUT2D eigenvalue weighted by molar-refractivity contribution is 8.03. The maximum Gasteiger partial charge on any atom is 0.416 e. The zero-order chi connectivity index (χ0) is 19.4. The second kappa shape index (κ2) is 7.55. The van der Waals surface area contributed by atoms with Crippen molar-refractivity contribution in [3.8, 4) is 16.9 Å². The lowest BCUT2D eigenvalue weighted by atomic mass is 10.1. The number of nitriles is 1. The van der Waals surface area contributed by atoms with Gasteiger partial charge in [0.15, 0.2) is 5.69 Å². The number of amides is 1. The second-order valence-corrected chi connectivity index (χ2v) is 6.14. The third-order valence-electron chi connectivity index (χ3n) is 3.47. The summed E-state index contributed by atoms with van der Waals surface area (Å²) in [5.41, 5.74) is 0.0236. The van der Waals surface area contributed by atoms with Crippen LogP contribution >= 0.6 is 11.8 Å². The number of hydrogen-bond acceptors (Lipinski definition) is 5. The highest BCUT2D eigenvalue weighted by atomic mass is 32.2. The molecule has 3 aromatic rings. The Balaban J connectivity index is 1.71. The smallest absolute Gasteiger partial charge is 0.416 e. The molecule has 0 fully saturated rings. The van der Waals surface area contributed by atoms with Gasteiger partial charge >= 0.3 is 6.18 Å². The van der Waals surface area contributed by atoms with Crippen LogP contribution in [0.1, 0.15) is 16.1 Å². The zero-order valence-electron chi connectivity index (χ0n) is 13.4. The van der Waals surface area contributed by atoms with Crippen molar-refractivity contribution in [1.29, 1.82) is 5.26 Å². The van der Waals surface area contributed by atoms with Gasteiger partial charge in [-0.3, -0.25) is 4.79 Å². The first kappa shape index (κ1) is 18.5. The van der Waals surface area contributed by atoms with Crippen molar-refractivity contribution in [2.75, 3.05) is 5.32 Å². The minimum Gasteiger partial charge on any atom is -0.444 e. The average Bonchev–Trinajstić information content (AvgIpc) is 3.13. The minimum absolute atomic E-state index is 0.0135. The van der Waals surface area contributed by atoms with Crippen molar-refractivity contribution in [3.63, 3.8) is 0 Å². The summed E-state index contributed by atoms with van der Waals surface area (Å²) in [7, 11) is 0. The molecule has 9 heteroatoms. The van der Waals surface area contributed by atoms with Gasteiger partial charge in [-0.05, 0) is 60.3 Å². The Morgan fingerprint density at radius 1 is 1.11 bits per heavy atom. The van der Waals surface area contributed by atoms with E-state index in [-0.39, 0.29) is 11.6 Å². The van der Waals surface area contributed by atoms with E-state index in [0.29, 0.717) is 11.3 Å². The van der Waals surface area contributed by atoms with E-state index in [1.807, 2.05) is 5.40 Å². The summed E-state index contributed by atoms with van der Waals surface area (Å²) in [6.07, 6.45) is -3.30. The molecule has 1 N–H and O–H groups in total. The molecule has 136 valence electrons. The van der Waals surface area contributed by atoms with Gasteiger partial charge < -0.3 is 9.73 Å². The van der Waals surface area contributed by atoms with Crippen LogP contribution in [0.3, 0.4) is 0 Å². The molecule has 0 aliphatic heterocycles. The largest absolute Gasteiger partial charge is 0.444 e. The molecule has 2 aromatic carbocycles. The summed E-state index contributed by atoms with van der Waals surface area (Å²) >= 11 is 0.998. The molecule has 0 unspecified atom stereocenters. The molecule has 0 saturated carbocycles. The molecule has 0 radical (unpaired) electrons. The van der Waals surface area contributed by atoms with Gasteiger partial charge in [-0.1, -0.05) is 0 Å². The molecule has 27 heavy (non-hydrogen) atoms. The fourth-order valence-electron chi connectivity index (χ4n) is 2.17. The number of nitrogens with zero attached hydrogens (tertiary/aromatic N) is 2. The molecule has 0 aliphatic carbocycles. The molecule has 0 atom stereocenters. The zero-order valence-corrected chi connectivity index (χ0v) is 14.3. The monoisotopic (exact) mass is 389 g/mol. The number of hydrogen-bond donors (Lipinski definition) is 1. The van der Waals surface area contributed by atoms with Crippen LogP contribution in [0.5, 0.6) is 0 Å². The van der Waals surface area contributed by atoms with Gasteiger partial charge in [-0.15, -0.1) is 0 Å². The third-order valence-corrected chi connectivity index (χ3v) is 4.07. The number of anilines is 1. The normalized spacial score (nSPS) is 11.0. The predicted octanol–water partition coefficient (Wildman–Crippen LogP) is 5.19. The van der Waals surface area contributed by atoms with E-state index in [9.17, 15) is 18.0 Å². The fraction of sp³-hybridized carbons (Fsp3) is 0.0556. The van der Waals surface area contributed by atoms with E-state index >= 15 is 0 Å². The number of oxazole rings is 1. The topological polar surface area (TPSA) is 78.9 Å². The van der Waals surface area contributed by atoms with E-state index in [0.717, 1.165) is 35.1 Å². The van der Waals surface area contributed by atoms with Crippen LogP contribution in [0.15, 0.2) is 64.1 Å². The van der Waals surface area contributed by atoms with Gasteiger partial charge in [0, 0.05) is 16.1 Å². The van der Waals surface area contributed by atoms with Crippen molar-refractivity contribution >= 4 is 23.4 Å². The summed E-state index contributed by atoms with van der Waals surface area (Å²) in [5, 5.41) is 13.2. The van der Waals surface area contributed by atoms with Crippen LogP contribution in [0, 0.1) is 10.7 Å². The quantitative estimate of drug-likeness (QED) is 0.491. The van der Waals surface area contributed by atoms with E-state index in [1.165, 1.54) is 12.1 Å². The molecule has 1 aromatic heterocycles. The highest BCUT2D eigenvalue weighted by Crippen LogP contribution is 2.30. The first-order valence-electron chi connectivity index (χ1n) is 7.47. The molecule has 0 spiro atoms. The number of carbonyl (C=O) groups excluding carboxylic acids is 1. The average molecular weight is 389 g/mol. The van der Waals surface area contributed by atoms with Gasteiger partial charge in [0.1, 0.15) is 11.7 Å². The second-order valence-electron chi connectivity index (χ2n) is 5.28. The molecular weight excluding hydrogens is 379 g/mol. The van der Waals surface area contributed by atoms with E-state index in [2.05, 4.69) is 10.3 Å². The summed E-state index contributed by atoms with van der Waals surface area (Å²) in [4.78, 5) is 17.0. The Labute approximate surface area is 155 Å². The summed E-state index contributed by atoms with van der Waals surface area (Å²) in [6.45, 7) is 0. The van der Waals surface area contributed by atoms with E-state index in [4.69, 9.17) is 9.68 Å². The number of benzene rings is 2. The van der Waals surface area contributed by atoms with E-state index in [1.54, 1.807) is 24.3 Å². The number of rotatable bonds is 4. The van der Waals surface area contributed by atoms with Gasteiger partial charge in [-0.25, -0.2) is 4.98 Å². The third kappa shape index (κ3) is 4.48. The van der Waals surface area contributed by atoms with Crippen LogP contribution in [0.4, 0.5) is 18.9 Å². The molecule has 0 bridgehead atoms. The summed E-state index contributed by atoms with van der Waals surface area (Å²) in [6, 6.07) is 10.9. The summed E-state index contributed by atoms with van der Waals surface area (Å²) in [5.74, 6) is -0.493. The van der Waals surface area contributed by atoms with Crippen LogP contribution in [0.25, 0.3) is 11.5 Å². The lowest BCUT2D eigenvalue weighted by Gasteiger charge is -2.06. The number of thioether (sulfide) groups is 1. The van der Waals surface area contributed by atoms with Crippen LogP contribution in [-0.2, 0) is 6.18 Å². The first-order valence-corrected chi connectivity index (χ1v) is 8.29. The Hall–Kier alpha value is -3.25. The van der Waals surface area contributed by atoms with Gasteiger partial charge in [0.2, 0.25) is 5.89 Å². The minimum atomic E-state index is -4.43. The lowest BCUT2D eigenvalue weighted by molar-refractivity contribution is -0.137. The predicted molar refractivity (Wildman–Crippen MR) is 92.8 cm³/mol. The number of alkyl halides is 3. The summed E-state index contributed by atoms with van der Waals surface area (Å²) < 4.78 is 43.0. The van der Waals surface area contributed by atoms with Crippen molar-refractivity contribution in [1.82, 2.24) is 4.98 Å². The maximum absolute atomic E-state index is 12.6. The molecule has 1 amide bonds.